The molecule has 154 valence electrons. The molecule has 0 atom stereocenters. The Morgan fingerprint density at radius 2 is 2.03 bits per heavy atom. The van der Waals surface area contributed by atoms with E-state index in [1.54, 1.807) is 42.7 Å². The first-order valence-corrected chi connectivity index (χ1v) is 9.55. The molecule has 4 rings (SSSR count). The molecule has 0 saturated heterocycles. The van der Waals surface area contributed by atoms with Gasteiger partial charge < -0.3 is 10.1 Å². The van der Waals surface area contributed by atoms with Gasteiger partial charge in [-0.05, 0) is 48.2 Å². The molecular formula is C22H20F2N4O2. The standard InChI is InChI=1S/C22H20F2N4O2/c23-22(24)30-14-15-1-4-18(5-2-15)27-21(29)8-3-16-11-25-10-9-20(16)17-12-26-28(13-17)19-6-7-19/h1-5,8-13,19,22H,6-7,14H2,(H,27,29). The highest BCUT2D eigenvalue weighted by atomic mass is 19.3. The normalized spacial score (nSPS) is 13.8. The lowest BCUT2D eigenvalue weighted by Gasteiger charge is -2.06. The first-order chi connectivity index (χ1) is 14.6. The second-order valence-corrected chi connectivity index (χ2v) is 6.99. The molecule has 30 heavy (non-hydrogen) atoms. The summed E-state index contributed by atoms with van der Waals surface area (Å²) in [7, 11) is 0. The van der Waals surface area contributed by atoms with Gasteiger partial charge in [-0.2, -0.15) is 13.9 Å². The van der Waals surface area contributed by atoms with E-state index in [2.05, 4.69) is 20.1 Å². The maximum absolute atomic E-state index is 12.3. The van der Waals surface area contributed by atoms with Gasteiger partial charge in [-0.15, -0.1) is 0 Å². The SMILES string of the molecule is O=C(C=Cc1cnccc1-c1cnn(C2CC2)c1)Nc1ccc(COC(F)F)cc1. The van der Waals surface area contributed by atoms with E-state index in [4.69, 9.17) is 0 Å². The largest absolute Gasteiger partial charge is 0.345 e. The lowest BCUT2D eigenvalue weighted by atomic mass is 10.0. The summed E-state index contributed by atoms with van der Waals surface area (Å²) in [6.45, 7) is -3.00. The first kappa shape index (κ1) is 19.9. The molecule has 3 aromatic rings. The molecule has 1 amide bonds. The predicted octanol–water partition coefficient (Wildman–Crippen LogP) is 4.67. The molecule has 0 aliphatic heterocycles. The number of rotatable bonds is 8. The summed E-state index contributed by atoms with van der Waals surface area (Å²) in [6.07, 6.45) is 12.7. The van der Waals surface area contributed by atoms with Crippen molar-refractivity contribution in [2.75, 3.05) is 5.32 Å². The second-order valence-electron chi connectivity index (χ2n) is 6.99. The van der Waals surface area contributed by atoms with E-state index in [1.165, 1.54) is 6.08 Å². The molecule has 1 saturated carbocycles. The Morgan fingerprint density at radius 1 is 1.23 bits per heavy atom. The van der Waals surface area contributed by atoms with E-state index >= 15 is 0 Å². The van der Waals surface area contributed by atoms with Crippen LogP contribution in [0.4, 0.5) is 14.5 Å². The summed E-state index contributed by atoms with van der Waals surface area (Å²) in [4.78, 5) is 16.4. The lowest BCUT2D eigenvalue weighted by molar-refractivity contribution is -0.137. The third kappa shape index (κ3) is 5.15. The maximum Gasteiger partial charge on any atom is 0.345 e. The van der Waals surface area contributed by atoms with Crippen molar-refractivity contribution >= 4 is 17.7 Å². The van der Waals surface area contributed by atoms with Crippen LogP contribution in [0.3, 0.4) is 0 Å². The monoisotopic (exact) mass is 410 g/mol. The van der Waals surface area contributed by atoms with Gasteiger partial charge in [0, 0.05) is 41.5 Å². The highest BCUT2D eigenvalue weighted by Gasteiger charge is 2.24. The molecule has 2 heterocycles. The van der Waals surface area contributed by atoms with Gasteiger partial charge in [-0.25, -0.2) is 0 Å². The highest BCUT2D eigenvalue weighted by Crippen LogP contribution is 2.35. The Kier molecular flexibility index (Phi) is 5.94. The summed E-state index contributed by atoms with van der Waals surface area (Å²) in [6, 6.07) is 8.91. The minimum absolute atomic E-state index is 0.188. The lowest BCUT2D eigenvalue weighted by Crippen LogP contribution is -2.08. The summed E-state index contributed by atoms with van der Waals surface area (Å²) < 4.78 is 30.4. The summed E-state index contributed by atoms with van der Waals surface area (Å²) in [5.74, 6) is -0.310. The number of nitrogens with zero attached hydrogens (tertiary/aromatic N) is 3. The zero-order valence-electron chi connectivity index (χ0n) is 16.0. The number of aromatic nitrogens is 3. The number of ether oxygens (including phenoxy) is 1. The second kappa shape index (κ2) is 8.96. The number of hydrogen-bond donors (Lipinski definition) is 1. The smallest absolute Gasteiger partial charge is 0.323 e. The molecule has 0 radical (unpaired) electrons. The van der Waals surface area contributed by atoms with E-state index in [1.807, 2.05) is 23.1 Å². The molecule has 1 N–H and O–H groups in total. The van der Waals surface area contributed by atoms with Crippen molar-refractivity contribution < 1.29 is 18.3 Å². The molecule has 6 nitrogen and oxygen atoms in total. The summed E-state index contributed by atoms with van der Waals surface area (Å²) in [5, 5.41) is 7.16. The maximum atomic E-state index is 12.3. The van der Waals surface area contributed by atoms with Crippen LogP contribution in [-0.2, 0) is 16.1 Å². The number of pyridine rings is 1. The van der Waals surface area contributed by atoms with Gasteiger partial charge in [-0.1, -0.05) is 12.1 Å². The molecule has 1 aromatic carbocycles. The van der Waals surface area contributed by atoms with Gasteiger partial charge in [0.05, 0.1) is 18.8 Å². The first-order valence-electron chi connectivity index (χ1n) is 9.55. The van der Waals surface area contributed by atoms with Crippen LogP contribution in [-0.4, -0.2) is 27.3 Å². The molecule has 8 heteroatoms. The summed E-state index contributed by atoms with van der Waals surface area (Å²) in [5.41, 5.74) is 3.89. The fraction of sp³-hybridized carbons (Fsp3) is 0.227. The van der Waals surface area contributed by atoms with Gasteiger partial charge >= 0.3 is 6.61 Å². The Morgan fingerprint density at radius 3 is 2.77 bits per heavy atom. The average Bonchev–Trinajstić information content (AvgIpc) is 3.49. The van der Waals surface area contributed by atoms with Gasteiger partial charge in [0.2, 0.25) is 5.91 Å². The number of carbonyl (C=O) groups is 1. The molecule has 1 fully saturated rings. The van der Waals surface area contributed by atoms with Crippen LogP contribution in [0.1, 0.15) is 30.0 Å². The fourth-order valence-electron chi connectivity index (χ4n) is 3.01. The molecule has 1 aliphatic carbocycles. The number of carbonyl (C=O) groups excluding carboxylic acids is 1. The van der Waals surface area contributed by atoms with Crippen LogP contribution in [0.5, 0.6) is 0 Å². The van der Waals surface area contributed by atoms with Crippen LogP contribution in [0.2, 0.25) is 0 Å². The Bertz CT molecular complexity index is 1040. The number of halogens is 2. The van der Waals surface area contributed by atoms with Crippen LogP contribution < -0.4 is 5.32 Å². The van der Waals surface area contributed by atoms with Crippen LogP contribution in [0.15, 0.2) is 61.2 Å². The van der Waals surface area contributed by atoms with E-state index in [0.717, 1.165) is 29.5 Å². The number of nitrogens with one attached hydrogen (secondary N) is 1. The third-order valence-electron chi connectivity index (χ3n) is 4.70. The molecule has 0 unspecified atom stereocenters. The van der Waals surface area contributed by atoms with Gasteiger partial charge in [0.25, 0.3) is 0 Å². The van der Waals surface area contributed by atoms with Crippen LogP contribution >= 0.6 is 0 Å². The van der Waals surface area contributed by atoms with Crippen molar-refractivity contribution in [1.82, 2.24) is 14.8 Å². The van der Waals surface area contributed by atoms with Crippen molar-refractivity contribution in [3.05, 3.63) is 72.3 Å². The van der Waals surface area contributed by atoms with E-state index in [9.17, 15) is 13.6 Å². The van der Waals surface area contributed by atoms with E-state index in [0.29, 0.717) is 17.3 Å². The quantitative estimate of drug-likeness (QED) is 0.548. The Balaban J connectivity index is 1.40. The van der Waals surface area contributed by atoms with Crippen molar-refractivity contribution in [3.63, 3.8) is 0 Å². The third-order valence-corrected chi connectivity index (χ3v) is 4.70. The van der Waals surface area contributed by atoms with Crippen molar-refractivity contribution in [2.24, 2.45) is 0 Å². The minimum Gasteiger partial charge on any atom is -0.323 e. The molecule has 2 aromatic heterocycles. The number of anilines is 1. The van der Waals surface area contributed by atoms with Gasteiger partial charge in [0.15, 0.2) is 0 Å². The number of hydrogen-bond acceptors (Lipinski definition) is 4. The number of alkyl halides is 2. The topological polar surface area (TPSA) is 69.0 Å². The number of amides is 1. The molecule has 0 spiro atoms. The Labute approximate surface area is 172 Å². The van der Waals surface area contributed by atoms with E-state index in [-0.39, 0.29) is 12.5 Å². The zero-order chi connectivity index (χ0) is 20.9. The van der Waals surface area contributed by atoms with Gasteiger partial charge in [-0.3, -0.25) is 14.5 Å². The van der Waals surface area contributed by atoms with Crippen molar-refractivity contribution in [3.8, 4) is 11.1 Å². The molecule has 1 aliphatic rings. The van der Waals surface area contributed by atoms with Crippen molar-refractivity contribution in [2.45, 2.75) is 32.1 Å². The summed E-state index contributed by atoms with van der Waals surface area (Å²) >= 11 is 0. The predicted molar refractivity (Wildman–Crippen MR) is 109 cm³/mol. The zero-order valence-corrected chi connectivity index (χ0v) is 16.0. The van der Waals surface area contributed by atoms with E-state index < -0.39 is 6.61 Å². The van der Waals surface area contributed by atoms with Crippen molar-refractivity contribution in [1.29, 1.82) is 0 Å². The minimum atomic E-state index is -2.81. The average molecular weight is 410 g/mol. The molecule has 0 bridgehead atoms. The molecular weight excluding hydrogens is 390 g/mol. The number of benzene rings is 1. The fourth-order valence-corrected chi connectivity index (χ4v) is 3.01. The highest BCUT2D eigenvalue weighted by molar-refractivity contribution is 6.02. The Hall–Kier alpha value is -3.39. The van der Waals surface area contributed by atoms with Crippen LogP contribution in [0, 0.1) is 0 Å². The van der Waals surface area contributed by atoms with Gasteiger partial charge in [0.1, 0.15) is 0 Å². The van der Waals surface area contributed by atoms with Crippen LogP contribution in [0.25, 0.3) is 17.2 Å².